The first-order valence-electron chi connectivity index (χ1n) is 22.1. The molecule has 0 aliphatic rings. The Balaban J connectivity index is 3.84. The molecule has 1 amide bonds. The van der Waals surface area contributed by atoms with Crippen LogP contribution in [0.15, 0.2) is 12.2 Å². The van der Waals surface area contributed by atoms with Gasteiger partial charge < -0.3 is 20.2 Å². The predicted octanol–water partition coefficient (Wildman–Crippen LogP) is 13.2. The van der Waals surface area contributed by atoms with E-state index in [-0.39, 0.29) is 5.91 Å². The molecule has 0 aliphatic heterocycles. The molecule has 0 saturated carbocycles. The van der Waals surface area contributed by atoms with Gasteiger partial charge in [0.1, 0.15) is 0 Å². The summed E-state index contributed by atoms with van der Waals surface area (Å²) in [6, 6.07) is -0.821. The predicted molar refractivity (Wildman–Crippen MR) is 218 cm³/mol. The highest BCUT2D eigenvalue weighted by Crippen LogP contribution is 2.36. The fourth-order valence-corrected chi connectivity index (χ4v) is 7.23. The van der Waals surface area contributed by atoms with Crippen molar-refractivity contribution in [2.75, 3.05) is 6.61 Å². The number of allylic oxidation sites excluding steroid dienone is 2. The normalized spacial score (nSPS) is 13.3. The first-order valence-corrected chi connectivity index (χ1v) is 23.7. The molecule has 304 valence electrons. The second kappa shape index (κ2) is 39.0. The summed E-state index contributed by atoms with van der Waals surface area (Å²) in [5.74, 6) is -0.192. The first-order chi connectivity index (χ1) is 24.8. The van der Waals surface area contributed by atoms with Crippen molar-refractivity contribution in [1.29, 1.82) is 0 Å². The van der Waals surface area contributed by atoms with E-state index in [9.17, 15) is 24.3 Å². The summed E-state index contributed by atoms with van der Waals surface area (Å²) in [7, 11) is -4.69. The Morgan fingerprint density at radius 1 is 0.549 bits per heavy atom. The minimum absolute atomic E-state index is 0.192. The Kier molecular flexibility index (Phi) is 38.4. The maximum absolute atomic E-state index is 12.6. The summed E-state index contributed by atoms with van der Waals surface area (Å²) in [5, 5.41) is 13.5. The van der Waals surface area contributed by atoms with Crippen LogP contribution in [-0.2, 0) is 13.9 Å². The van der Waals surface area contributed by atoms with Crippen LogP contribution < -0.4 is 5.32 Å². The van der Waals surface area contributed by atoms with E-state index in [0.717, 1.165) is 38.5 Å². The molecule has 2 atom stereocenters. The average Bonchev–Trinajstić information content (AvgIpc) is 3.10. The van der Waals surface area contributed by atoms with Gasteiger partial charge in [0.05, 0.1) is 18.8 Å². The molecule has 0 radical (unpaired) electrons. The molecule has 0 spiro atoms. The fraction of sp³-hybridized carbons (Fsp3) is 0.930. The maximum atomic E-state index is 12.6. The highest BCUT2D eigenvalue weighted by molar-refractivity contribution is 7.46. The van der Waals surface area contributed by atoms with Crippen molar-refractivity contribution in [1.82, 2.24) is 5.32 Å². The van der Waals surface area contributed by atoms with Crippen molar-refractivity contribution in [3.63, 3.8) is 0 Å². The van der Waals surface area contributed by atoms with Gasteiger partial charge in [-0.2, -0.15) is 0 Å². The van der Waals surface area contributed by atoms with Crippen molar-refractivity contribution in [3.05, 3.63) is 12.2 Å². The fourth-order valence-electron chi connectivity index (χ4n) is 6.87. The van der Waals surface area contributed by atoms with Gasteiger partial charge in [-0.05, 0) is 38.5 Å². The summed E-state index contributed by atoms with van der Waals surface area (Å²) in [5.41, 5.74) is 0. The molecule has 7 nitrogen and oxygen atoms in total. The third-order valence-electron chi connectivity index (χ3n) is 10.3. The van der Waals surface area contributed by atoms with Crippen LogP contribution >= 0.6 is 7.82 Å². The largest absolute Gasteiger partial charge is 0.469 e. The lowest BCUT2D eigenvalue weighted by Crippen LogP contribution is -2.46. The molecule has 0 aliphatic carbocycles. The first kappa shape index (κ1) is 50.3. The highest BCUT2D eigenvalue weighted by atomic mass is 31.2. The van der Waals surface area contributed by atoms with Crippen LogP contribution in [0, 0.1) is 0 Å². The van der Waals surface area contributed by atoms with E-state index in [1.165, 1.54) is 173 Å². The monoisotopic (exact) mass is 744 g/mol. The minimum Gasteiger partial charge on any atom is -0.391 e. The lowest BCUT2D eigenvalue weighted by atomic mass is 10.0. The van der Waals surface area contributed by atoms with Crippen LogP contribution in [0.5, 0.6) is 0 Å². The molecule has 0 fully saturated rings. The number of carbonyl (C=O) groups is 1. The third-order valence-corrected chi connectivity index (χ3v) is 10.7. The Hall–Kier alpha value is -0.720. The smallest absolute Gasteiger partial charge is 0.391 e. The van der Waals surface area contributed by atoms with E-state index in [1.807, 2.05) is 0 Å². The zero-order valence-corrected chi connectivity index (χ0v) is 34.7. The number of aliphatic hydroxyl groups excluding tert-OH is 1. The summed E-state index contributed by atoms with van der Waals surface area (Å²) in [4.78, 5) is 31.0. The lowest BCUT2D eigenvalue weighted by Gasteiger charge is -2.24. The number of phosphoric acid groups is 1. The Morgan fingerprint density at radius 3 is 1.25 bits per heavy atom. The molecule has 8 heteroatoms. The molecule has 0 heterocycles. The van der Waals surface area contributed by atoms with Gasteiger partial charge in [0, 0.05) is 6.42 Å². The number of nitrogens with one attached hydrogen (secondary N) is 1. The van der Waals surface area contributed by atoms with Crippen LogP contribution in [0.2, 0.25) is 0 Å². The van der Waals surface area contributed by atoms with Crippen LogP contribution in [0.4, 0.5) is 0 Å². The molecule has 0 aromatic carbocycles. The SMILES string of the molecule is CCCCCCCC/C=C/CCCCCCCCCCCCCC(=O)N[C@@H](COP(=O)(O)O)[C@H](O)CCCCCCCCCCCCCCCC. The standard InChI is InChI=1S/C43H86NO6P/c1-3-5-7-9-11-13-15-17-19-20-21-22-23-24-25-27-29-31-33-35-37-39-43(46)44-41(40-50-51(47,48)49)42(45)38-36-34-32-30-28-26-18-16-14-12-10-8-6-4-2/h17,19,41-42,45H,3-16,18,20-40H2,1-2H3,(H,44,46)(H2,47,48,49)/b19-17+/t41-,42+/m0/s1. The summed E-state index contributed by atoms with van der Waals surface area (Å²) in [6.07, 6.45) is 46.3. The number of carbonyl (C=O) groups excluding carboxylic acids is 1. The quantitative estimate of drug-likeness (QED) is 0.0281. The number of amides is 1. The van der Waals surface area contributed by atoms with Gasteiger partial charge in [-0.25, -0.2) is 4.57 Å². The number of rotatable bonds is 41. The maximum Gasteiger partial charge on any atom is 0.469 e. The van der Waals surface area contributed by atoms with Gasteiger partial charge >= 0.3 is 7.82 Å². The van der Waals surface area contributed by atoms with Crippen LogP contribution in [0.1, 0.15) is 239 Å². The van der Waals surface area contributed by atoms with E-state index < -0.39 is 26.6 Å². The molecule has 0 aromatic heterocycles. The molecule has 51 heavy (non-hydrogen) atoms. The highest BCUT2D eigenvalue weighted by Gasteiger charge is 2.25. The molecule has 0 bridgehead atoms. The molecule has 4 N–H and O–H groups in total. The zero-order valence-electron chi connectivity index (χ0n) is 33.8. The van der Waals surface area contributed by atoms with E-state index in [4.69, 9.17) is 0 Å². The number of hydrogen-bond donors (Lipinski definition) is 4. The number of aliphatic hydroxyl groups is 1. The van der Waals surface area contributed by atoms with Crippen LogP contribution in [0.25, 0.3) is 0 Å². The van der Waals surface area contributed by atoms with E-state index in [1.54, 1.807) is 0 Å². The summed E-state index contributed by atoms with van der Waals surface area (Å²) in [6.45, 7) is 4.13. The molecule has 0 aromatic rings. The second-order valence-electron chi connectivity index (χ2n) is 15.4. The van der Waals surface area contributed by atoms with E-state index in [2.05, 4.69) is 35.8 Å². The number of phosphoric ester groups is 1. The number of hydrogen-bond acceptors (Lipinski definition) is 4. The van der Waals surface area contributed by atoms with Crippen molar-refractivity contribution in [2.24, 2.45) is 0 Å². The Labute approximate surface area is 316 Å². The zero-order chi connectivity index (χ0) is 37.5. The van der Waals surface area contributed by atoms with E-state index in [0.29, 0.717) is 12.8 Å². The van der Waals surface area contributed by atoms with Crippen molar-refractivity contribution < 1.29 is 28.8 Å². The lowest BCUT2D eigenvalue weighted by molar-refractivity contribution is -0.123. The van der Waals surface area contributed by atoms with Crippen molar-refractivity contribution in [2.45, 2.75) is 251 Å². The second-order valence-corrected chi connectivity index (χ2v) is 16.6. The van der Waals surface area contributed by atoms with Gasteiger partial charge in [-0.1, -0.05) is 206 Å². The summed E-state index contributed by atoms with van der Waals surface area (Å²) >= 11 is 0. The summed E-state index contributed by atoms with van der Waals surface area (Å²) < 4.78 is 16.0. The van der Waals surface area contributed by atoms with Gasteiger partial charge in [0.25, 0.3) is 0 Å². The average molecular weight is 744 g/mol. The number of unbranched alkanes of at least 4 members (excludes halogenated alkanes) is 30. The van der Waals surface area contributed by atoms with Gasteiger partial charge in [-0.3, -0.25) is 9.32 Å². The van der Waals surface area contributed by atoms with Crippen molar-refractivity contribution >= 4 is 13.7 Å². The van der Waals surface area contributed by atoms with Crippen molar-refractivity contribution in [3.8, 4) is 0 Å². The van der Waals surface area contributed by atoms with Gasteiger partial charge in [0.2, 0.25) is 5.91 Å². The van der Waals surface area contributed by atoms with Gasteiger partial charge in [0.15, 0.2) is 0 Å². The Morgan fingerprint density at radius 2 is 0.882 bits per heavy atom. The van der Waals surface area contributed by atoms with Gasteiger partial charge in [-0.15, -0.1) is 0 Å². The molecule has 0 unspecified atom stereocenters. The molecule has 0 saturated heterocycles. The molecular weight excluding hydrogens is 657 g/mol. The molecular formula is C43H86NO6P. The third kappa shape index (κ3) is 40.3. The topological polar surface area (TPSA) is 116 Å². The van der Waals surface area contributed by atoms with Crippen LogP contribution in [-0.4, -0.2) is 39.6 Å². The Bertz CT molecular complexity index is 803. The van der Waals surface area contributed by atoms with Crippen LogP contribution in [0.3, 0.4) is 0 Å². The molecule has 0 rings (SSSR count). The minimum atomic E-state index is -4.69. The van der Waals surface area contributed by atoms with E-state index >= 15 is 0 Å².